The van der Waals surface area contributed by atoms with E-state index in [1.54, 1.807) is 17.5 Å². The predicted octanol–water partition coefficient (Wildman–Crippen LogP) is 0.939. The number of carbonyl (C=O) groups excluding carboxylic acids is 2. The minimum atomic E-state index is -0.535. The van der Waals surface area contributed by atoms with E-state index in [9.17, 15) is 19.2 Å². The van der Waals surface area contributed by atoms with E-state index in [0.717, 1.165) is 16.3 Å². The summed E-state index contributed by atoms with van der Waals surface area (Å²) in [4.78, 5) is 58.8. The highest BCUT2D eigenvalue weighted by molar-refractivity contribution is 8.00. The van der Waals surface area contributed by atoms with E-state index in [1.807, 2.05) is 20.8 Å². The highest BCUT2D eigenvalue weighted by Gasteiger charge is 2.24. The Balaban J connectivity index is 1.90. The number of thiophene rings is 1. The second-order valence-corrected chi connectivity index (χ2v) is 9.69. The molecule has 2 N–H and O–H groups in total. The van der Waals surface area contributed by atoms with E-state index in [4.69, 9.17) is 0 Å². The molecular weight excluding hydrogens is 440 g/mol. The van der Waals surface area contributed by atoms with Crippen LogP contribution in [0.2, 0.25) is 0 Å². The first-order valence-electron chi connectivity index (χ1n) is 9.24. The Morgan fingerprint density at radius 1 is 1.13 bits per heavy atom. The van der Waals surface area contributed by atoms with E-state index >= 15 is 0 Å². The molecule has 0 aliphatic carbocycles. The number of thioether (sulfide) groups is 1. The van der Waals surface area contributed by atoms with Crippen LogP contribution < -0.4 is 22.1 Å². The third-order valence-electron chi connectivity index (χ3n) is 4.34. The van der Waals surface area contributed by atoms with Gasteiger partial charge < -0.3 is 0 Å². The number of hydrogen-bond acceptors (Lipinski definition) is 8. The second-order valence-electron chi connectivity index (χ2n) is 7.78. The molecule has 3 rings (SSSR count). The quantitative estimate of drug-likeness (QED) is 0.335. The smallest absolute Gasteiger partial charge is 0.280 e. The Morgan fingerprint density at radius 2 is 1.84 bits per heavy atom. The lowest BCUT2D eigenvalue weighted by Gasteiger charge is -2.19. The molecule has 12 heteroatoms. The maximum absolute atomic E-state index is 12.8. The molecule has 0 spiro atoms. The van der Waals surface area contributed by atoms with Crippen molar-refractivity contribution >= 4 is 45.9 Å². The second kappa shape index (κ2) is 8.63. The third-order valence-corrected chi connectivity index (χ3v) is 6.18. The maximum atomic E-state index is 12.8. The number of nitrogens with zero attached hydrogens (tertiary/aromatic N) is 4. The lowest BCUT2D eigenvalue weighted by Crippen LogP contribution is -2.42. The lowest BCUT2D eigenvalue weighted by atomic mass is 9.96. The Kier molecular flexibility index (Phi) is 6.32. The van der Waals surface area contributed by atoms with Gasteiger partial charge in [0.2, 0.25) is 5.91 Å². The Hall–Kier alpha value is -2.99. The molecule has 3 heterocycles. The van der Waals surface area contributed by atoms with Crippen LogP contribution in [0.15, 0.2) is 32.1 Å². The van der Waals surface area contributed by atoms with E-state index in [-0.39, 0.29) is 16.8 Å². The van der Waals surface area contributed by atoms with Crippen LogP contribution in [0.1, 0.15) is 36.3 Å². The number of aryl methyl sites for hydroxylation is 1. The van der Waals surface area contributed by atoms with Gasteiger partial charge in [0.1, 0.15) is 16.2 Å². The molecule has 164 valence electrons. The van der Waals surface area contributed by atoms with Crippen molar-refractivity contribution < 1.29 is 9.59 Å². The average molecular weight is 463 g/mol. The first-order valence-corrected chi connectivity index (χ1v) is 11.1. The normalized spacial score (nSPS) is 11.5. The first kappa shape index (κ1) is 22.7. The van der Waals surface area contributed by atoms with Crippen molar-refractivity contribution in [3.8, 4) is 0 Å². The average Bonchev–Trinajstić information content (AvgIpc) is 3.26. The zero-order valence-electron chi connectivity index (χ0n) is 17.7. The monoisotopic (exact) mass is 462 g/mol. The summed E-state index contributed by atoms with van der Waals surface area (Å²) in [6, 6.07) is 3.38. The van der Waals surface area contributed by atoms with Gasteiger partial charge in [0.25, 0.3) is 11.5 Å². The Bertz CT molecular complexity index is 1270. The summed E-state index contributed by atoms with van der Waals surface area (Å²) in [5.74, 6) is -0.552. The van der Waals surface area contributed by atoms with Gasteiger partial charge in [-0.05, 0) is 11.4 Å². The van der Waals surface area contributed by atoms with Crippen molar-refractivity contribution in [2.45, 2.75) is 31.2 Å². The van der Waals surface area contributed by atoms with Crippen LogP contribution in [0.25, 0.3) is 11.0 Å². The topological polar surface area (TPSA) is 128 Å². The molecule has 3 aromatic heterocycles. The van der Waals surface area contributed by atoms with E-state index in [0.29, 0.717) is 15.7 Å². The number of hydrazine groups is 1. The minimum Gasteiger partial charge on any atom is -0.280 e. The molecule has 0 radical (unpaired) electrons. The SMILES string of the molecule is Cn1c(=O)c2c(SCC(=O)NNC(=O)c3cccs3)nc(C(C)(C)C)nc2n(C)c1=O. The molecule has 31 heavy (non-hydrogen) atoms. The van der Waals surface area contributed by atoms with Crippen molar-refractivity contribution in [3.05, 3.63) is 49.1 Å². The zero-order valence-corrected chi connectivity index (χ0v) is 19.3. The lowest BCUT2D eigenvalue weighted by molar-refractivity contribution is -0.119. The van der Waals surface area contributed by atoms with Crippen molar-refractivity contribution in [2.24, 2.45) is 14.1 Å². The third kappa shape index (κ3) is 4.69. The number of fused-ring (bicyclic) bond motifs is 1. The maximum Gasteiger partial charge on any atom is 0.332 e. The number of rotatable bonds is 4. The summed E-state index contributed by atoms with van der Waals surface area (Å²) in [7, 11) is 2.91. The van der Waals surface area contributed by atoms with Gasteiger partial charge in [-0.3, -0.25) is 34.4 Å². The van der Waals surface area contributed by atoms with Gasteiger partial charge >= 0.3 is 5.69 Å². The molecule has 0 saturated heterocycles. The number of nitrogens with one attached hydrogen (secondary N) is 2. The van der Waals surface area contributed by atoms with Gasteiger partial charge in [-0.15, -0.1) is 11.3 Å². The Labute approximate surface area is 185 Å². The summed E-state index contributed by atoms with van der Waals surface area (Å²) in [6.07, 6.45) is 0. The first-order chi connectivity index (χ1) is 14.5. The summed E-state index contributed by atoms with van der Waals surface area (Å²) in [6.45, 7) is 5.73. The molecule has 0 bridgehead atoms. The number of aromatic nitrogens is 4. The van der Waals surface area contributed by atoms with Gasteiger partial charge in [-0.25, -0.2) is 14.8 Å². The molecule has 0 saturated carbocycles. The fourth-order valence-corrected chi connectivity index (χ4v) is 4.07. The van der Waals surface area contributed by atoms with Crippen molar-refractivity contribution in [2.75, 3.05) is 5.75 Å². The van der Waals surface area contributed by atoms with Gasteiger partial charge in [0.05, 0.1) is 10.6 Å². The molecule has 2 amide bonds. The van der Waals surface area contributed by atoms with Gasteiger partial charge in [0.15, 0.2) is 5.65 Å². The zero-order chi connectivity index (χ0) is 22.9. The molecule has 0 aliphatic heterocycles. The van der Waals surface area contributed by atoms with E-state index < -0.39 is 28.5 Å². The van der Waals surface area contributed by atoms with Crippen LogP contribution in [0, 0.1) is 0 Å². The number of amides is 2. The van der Waals surface area contributed by atoms with Gasteiger partial charge in [-0.1, -0.05) is 38.6 Å². The number of carbonyl (C=O) groups is 2. The fraction of sp³-hybridized carbons (Fsp3) is 0.368. The van der Waals surface area contributed by atoms with Crippen LogP contribution in [0.5, 0.6) is 0 Å². The van der Waals surface area contributed by atoms with Crippen LogP contribution in [0.3, 0.4) is 0 Å². The van der Waals surface area contributed by atoms with E-state index in [2.05, 4.69) is 20.8 Å². The van der Waals surface area contributed by atoms with Crippen LogP contribution >= 0.6 is 23.1 Å². The van der Waals surface area contributed by atoms with Crippen LogP contribution in [-0.2, 0) is 24.3 Å². The molecule has 10 nitrogen and oxygen atoms in total. The standard InChI is InChI=1S/C19H22N6O4S2/c1-19(2,3)17-20-13-12(16(28)25(5)18(29)24(13)4)15(21-17)31-9-11(26)22-23-14(27)10-7-6-8-30-10/h6-8H,9H2,1-5H3,(H,22,26)(H,23,27). The van der Waals surface area contributed by atoms with Crippen molar-refractivity contribution in [3.63, 3.8) is 0 Å². The predicted molar refractivity (Wildman–Crippen MR) is 119 cm³/mol. The van der Waals surface area contributed by atoms with Crippen LogP contribution in [0.4, 0.5) is 0 Å². The molecule has 0 fully saturated rings. The number of hydrogen-bond donors (Lipinski definition) is 2. The van der Waals surface area contributed by atoms with Crippen molar-refractivity contribution in [1.82, 2.24) is 30.0 Å². The summed E-state index contributed by atoms with van der Waals surface area (Å²) < 4.78 is 2.27. The van der Waals surface area contributed by atoms with Crippen molar-refractivity contribution in [1.29, 1.82) is 0 Å². The summed E-state index contributed by atoms with van der Waals surface area (Å²) >= 11 is 2.29. The molecule has 0 aromatic carbocycles. The highest BCUT2D eigenvalue weighted by atomic mass is 32.2. The largest absolute Gasteiger partial charge is 0.332 e. The summed E-state index contributed by atoms with van der Waals surface area (Å²) in [5, 5.41) is 2.22. The van der Waals surface area contributed by atoms with Gasteiger partial charge in [0, 0.05) is 19.5 Å². The fourth-order valence-electron chi connectivity index (χ4n) is 2.63. The van der Waals surface area contributed by atoms with Gasteiger partial charge in [-0.2, -0.15) is 0 Å². The molecule has 0 atom stereocenters. The molecule has 3 aromatic rings. The Morgan fingerprint density at radius 3 is 2.45 bits per heavy atom. The van der Waals surface area contributed by atoms with Crippen LogP contribution in [-0.4, -0.2) is 36.7 Å². The molecular formula is C19H22N6O4S2. The highest BCUT2D eigenvalue weighted by Crippen LogP contribution is 2.26. The minimum absolute atomic E-state index is 0.105. The summed E-state index contributed by atoms with van der Waals surface area (Å²) in [5.41, 5.74) is 3.42. The molecule has 0 unspecified atom stereocenters. The van der Waals surface area contributed by atoms with E-state index in [1.165, 1.54) is 30.0 Å². The molecule has 0 aliphatic rings.